The quantitative estimate of drug-likeness (QED) is 0.665. The van der Waals surface area contributed by atoms with Crippen molar-refractivity contribution in [3.05, 3.63) is 64.7 Å². The Hall–Kier alpha value is -1.88. The maximum absolute atomic E-state index is 5.44. The summed E-state index contributed by atoms with van der Waals surface area (Å²) in [6.07, 6.45) is 3.70. The lowest BCUT2D eigenvalue weighted by atomic mass is 9.83. The van der Waals surface area contributed by atoms with E-state index in [1.54, 1.807) is 7.11 Å². The van der Waals surface area contributed by atoms with Crippen LogP contribution in [0.25, 0.3) is 0 Å². The number of ether oxygens (including phenoxy) is 2. The molecule has 29 heavy (non-hydrogen) atoms. The van der Waals surface area contributed by atoms with Crippen LogP contribution in [0.3, 0.4) is 0 Å². The highest BCUT2D eigenvalue weighted by molar-refractivity contribution is 5.43. The van der Waals surface area contributed by atoms with Gasteiger partial charge in [-0.25, -0.2) is 0 Å². The summed E-state index contributed by atoms with van der Waals surface area (Å²) in [7, 11) is 3.95. The first-order valence-electron chi connectivity index (χ1n) is 11.0. The number of likely N-dealkylation sites (N-methyl/N-ethyl adjacent to an activating group) is 1. The third-order valence-electron chi connectivity index (χ3n) is 6.33. The van der Waals surface area contributed by atoms with Gasteiger partial charge in [0.25, 0.3) is 0 Å². The summed E-state index contributed by atoms with van der Waals surface area (Å²) < 4.78 is 10.8. The fourth-order valence-electron chi connectivity index (χ4n) is 4.67. The molecule has 0 N–H and O–H groups in total. The van der Waals surface area contributed by atoms with E-state index in [1.165, 1.54) is 48.1 Å². The first kappa shape index (κ1) is 20.4. The molecule has 1 fully saturated rings. The smallest absolute Gasteiger partial charge is 0.118 e. The number of rotatable bonds is 7. The van der Waals surface area contributed by atoms with Crippen LogP contribution in [0.4, 0.5) is 0 Å². The van der Waals surface area contributed by atoms with Gasteiger partial charge < -0.3 is 14.4 Å². The van der Waals surface area contributed by atoms with Crippen LogP contribution in [0.2, 0.25) is 0 Å². The van der Waals surface area contributed by atoms with Crippen LogP contribution < -0.4 is 4.74 Å². The van der Waals surface area contributed by atoms with Crippen LogP contribution in [0.1, 0.15) is 41.0 Å². The van der Waals surface area contributed by atoms with E-state index >= 15 is 0 Å². The SMILES string of the molecule is COc1ccc(C2CN(C)Cc3cc(CCCCN4CCOCC4)ccc32)cc1. The Morgan fingerprint density at radius 2 is 1.83 bits per heavy atom. The van der Waals surface area contributed by atoms with E-state index < -0.39 is 0 Å². The molecule has 2 aromatic rings. The number of hydrogen-bond acceptors (Lipinski definition) is 4. The first-order chi connectivity index (χ1) is 14.2. The van der Waals surface area contributed by atoms with Crippen molar-refractivity contribution in [3.63, 3.8) is 0 Å². The third kappa shape index (κ3) is 5.19. The summed E-state index contributed by atoms with van der Waals surface area (Å²) in [4.78, 5) is 4.98. The average molecular weight is 395 g/mol. The lowest BCUT2D eigenvalue weighted by molar-refractivity contribution is 0.0372. The molecule has 0 aromatic heterocycles. The van der Waals surface area contributed by atoms with E-state index in [9.17, 15) is 0 Å². The van der Waals surface area contributed by atoms with E-state index in [-0.39, 0.29) is 0 Å². The van der Waals surface area contributed by atoms with Gasteiger partial charge in [-0.1, -0.05) is 30.3 Å². The van der Waals surface area contributed by atoms with Crippen LogP contribution in [0.5, 0.6) is 5.75 Å². The zero-order valence-electron chi connectivity index (χ0n) is 17.9. The summed E-state index contributed by atoms with van der Waals surface area (Å²) in [5.41, 5.74) is 5.84. The van der Waals surface area contributed by atoms with E-state index in [4.69, 9.17) is 9.47 Å². The Morgan fingerprint density at radius 1 is 1.03 bits per heavy atom. The molecule has 1 unspecified atom stereocenters. The van der Waals surface area contributed by atoms with Crippen molar-refractivity contribution in [1.29, 1.82) is 0 Å². The van der Waals surface area contributed by atoms with Crippen LogP contribution in [-0.2, 0) is 17.7 Å². The molecule has 0 spiro atoms. The zero-order valence-corrected chi connectivity index (χ0v) is 17.9. The van der Waals surface area contributed by atoms with Gasteiger partial charge >= 0.3 is 0 Å². The summed E-state index contributed by atoms with van der Waals surface area (Å²) in [6, 6.07) is 15.8. The Kier molecular flexibility index (Phi) is 6.86. The number of hydrogen-bond donors (Lipinski definition) is 0. The average Bonchev–Trinajstić information content (AvgIpc) is 2.77. The molecular weight excluding hydrogens is 360 g/mol. The summed E-state index contributed by atoms with van der Waals surface area (Å²) in [6.45, 7) is 7.30. The molecular formula is C25H34N2O2. The molecule has 0 amide bonds. The Bertz CT molecular complexity index is 784. The number of methoxy groups -OCH3 is 1. The van der Waals surface area contributed by atoms with Crippen LogP contribution in [0, 0.1) is 0 Å². The maximum Gasteiger partial charge on any atom is 0.118 e. The van der Waals surface area contributed by atoms with Crippen molar-refractivity contribution in [3.8, 4) is 5.75 Å². The molecule has 2 heterocycles. The molecule has 2 aliphatic rings. The largest absolute Gasteiger partial charge is 0.497 e. The minimum atomic E-state index is 0.435. The van der Waals surface area contributed by atoms with Gasteiger partial charge in [-0.3, -0.25) is 4.90 Å². The number of nitrogens with zero attached hydrogens (tertiary/aromatic N) is 2. The zero-order chi connectivity index (χ0) is 20.1. The summed E-state index contributed by atoms with van der Waals surface area (Å²) >= 11 is 0. The second-order valence-electron chi connectivity index (χ2n) is 8.47. The summed E-state index contributed by atoms with van der Waals surface area (Å²) in [5, 5.41) is 0. The van der Waals surface area contributed by atoms with Gasteiger partial charge in [0.2, 0.25) is 0 Å². The number of fused-ring (bicyclic) bond motifs is 1. The van der Waals surface area contributed by atoms with Gasteiger partial charge in [-0.2, -0.15) is 0 Å². The standard InChI is InChI=1S/C25H34N2O2/c1-26-18-22-17-20(5-3-4-12-27-13-15-29-16-14-27)6-11-24(22)25(19-26)21-7-9-23(28-2)10-8-21/h6-11,17,25H,3-5,12-16,18-19H2,1-2H3. The number of morpholine rings is 1. The molecule has 4 heteroatoms. The number of unbranched alkanes of at least 4 members (excludes halogenated alkanes) is 1. The Labute approximate surface area is 175 Å². The van der Waals surface area contributed by atoms with Crippen molar-refractivity contribution < 1.29 is 9.47 Å². The minimum absolute atomic E-state index is 0.435. The van der Waals surface area contributed by atoms with E-state index in [0.29, 0.717) is 5.92 Å². The molecule has 156 valence electrons. The predicted octanol–water partition coefficient (Wildman–Crippen LogP) is 3.93. The van der Waals surface area contributed by atoms with Crippen molar-refractivity contribution in [2.45, 2.75) is 31.7 Å². The second-order valence-corrected chi connectivity index (χ2v) is 8.47. The van der Waals surface area contributed by atoms with Crippen LogP contribution in [-0.4, -0.2) is 63.4 Å². The second kappa shape index (κ2) is 9.75. The van der Waals surface area contributed by atoms with Crippen LogP contribution in [0.15, 0.2) is 42.5 Å². The lowest BCUT2D eigenvalue weighted by Crippen LogP contribution is -2.36. The minimum Gasteiger partial charge on any atom is -0.497 e. The molecule has 0 radical (unpaired) electrons. The summed E-state index contributed by atoms with van der Waals surface area (Å²) in [5.74, 6) is 1.36. The molecule has 1 saturated heterocycles. The molecule has 0 bridgehead atoms. The van der Waals surface area contributed by atoms with Crippen molar-refractivity contribution >= 4 is 0 Å². The normalized spacial score (nSPS) is 20.4. The van der Waals surface area contributed by atoms with Gasteiger partial charge in [-0.15, -0.1) is 0 Å². The molecule has 4 rings (SSSR count). The van der Waals surface area contributed by atoms with Gasteiger partial charge in [0.15, 0.2) is 0 Å². The first-order valence-corrected chi connectivity index (χ1v) is 11.0. The van der Waals surface area contributed by atoms with Gasteiger partial charge in [0, 0.05) is 32.1 Å². The Morgan fingerprint density at radius 3 is 2.59 bits per heavy atom. The highest BCUT2D eigenvalue weighted by Crippen LogP contribution is 2.34. The van der Waals surface area contributed by atoms with Gasteiger partial charge in [0.1, 0.15) is 5.75 Å². The molecule has 2 aliphatic heterocycles. The molecule has 4 nitrogen and oxygen atoms in total. The van der Waals surface area contributed by atoms with Crippen molar-refractivity contribution in [1.82, 2.24) is 9.80 Å². The van der Waals surface area contributed by atoms with Gasteiger partial charge in [0.05, 0.1) is 20.3 Å². The van der Waals surface area contributed by atoms with E-state index in [1.807, 2.05) is 0 Å². The topological polar surface area (TPSA) is 24.9 Å². The Balaban J connectivity index is 1.39. The van der Waals surface area contributed by atoms with Crippen molar-refractivity contribution in [2.24, 2.45) is 0 Å². The maximum atomic E-state index is 5.44. The fourth-order valence-corrected chi connectivity index (χ4v) is 4.67. The molecule has 2 aromatic carbocycles. The lowest BCUT2D eigenvalue weighted by Gasteiger charge is -2.33. The van der Waals surface area contributed by atoms with Crippen LogP contribution >= 0.6 is 0 Å². The third-order valence-corrected chi connectivity index (χ3v) is 6.33. The highest BCUT2D eigenvalue weighted by atomic mass is 16.5. The fraction of sp³-hybridized carbons (Fsp3) is 0.520. The molecule has 0 aliphatic carbocycles. The van der Waals surface area contributed by atoms with E-state index in [2.05, 4.69) is 59.3 Å². The highest BCUT2D eigenvalue weighted by Gasteiger charge is 2.25. The van der Waals surface area contributed by atoms with E-state index in [0.717, 1.165) is 45.1 Å². The predicted molar refractivity (Wildman–Crippen MR) is 118 cm³/mol. The monoisotopic (exact) mass is 394 g/mol. The molecule has 0 saturated carbocycles. The van der Waals surface area contributed by atoms with Gasteiger partial charge in [-0.05, 0) is 67.2 Å². The van der Waals surface area contributed by atoms with Crippen molar-refractivity contribution in [2.75, 3.05) is 53.6 Å². The number of benzene rings is 2. The number of aryl methyl sites for hydroxylation is 1. The molecule has 1 atom stereocenters.